The van der Waals surface area contributed by atoms with Gasteiger partial charge < -0.3 is 10.4 Å². The van der Waals surface area contributed by atoms with Crippen LogP contribution < -0.4 is 5.32 Å². The zero-order chi connectivity index (χ0) is 14.5. The number of anilines is 1. The van der Waals surface area contributed by atoms with Crippen LogP contribution in [0.3, 0.4) is 0 Å². The molecule has 1 aromatic rings. The standard InChI is InChI=1S/C16H19NO3/c1-11-5-7-14(10-13(11)6-8-16(19)20)17-15(18)9-12-3-2-4-12/h5-8,10,12H,2-4,9H2,1H3,(H,17,18)(H,19,20)/b8-6+. The van der Waals surface area contributed by atoms with E-state index in [2.05, 4.69) is 5.32 Å². The number of benzene rings is 1. The molecule has 0 spiro atoms. The van der Waals surface area contributed by atoms with Gasteiger partial charge in [0.2, 0.25) is 5.91 Å². The predicted molar refractivity (Wildman–Crippen MR) is 78.4 cm³/mol. The molecule has 4 nitrogen and oxygen atoms in total. The number of carbonyl (C=O) groups excluding carboxylic acids is 1. The fourth-order valence-electron chi connectivity index (χ4n) is 2.23. The highest BCUT2D eigenvalue weighted by molar-refractivity contribution is 5.91. The van der Waals surface area contributed by atoms with Crippen LogP contribution in [-0.4, -0.2) is 17.0 Å². The highest BCUT2D eigenvalue weighted by atomic mass is 16.4. The number of hydrogen-bond acceptors (Lipinski definition) is 2. The van der Waals surface area contributed by atoms with E-state index in [9.17, 15) is 9.59 Å². The van der Waals surface area contributed by atoms with Crippen molar-refractivity contribution in [1.82, 2.24) is 0 Å². The van der Waals surface area contributed by atoms with Gasteiger partial charge in [-0.25, -0.2) is 4.79 Å². The van der Waals surface area contributed by atoms with Gasteiger partial charge in [-0.15, -0.1) is 0 Å². The molecule has 0 radical (unpaired) electrons. The van der Waals surface area contributed by atoms with E-state index in [4.69, 9.17) is 5.11 Å². The lowest BCUT2D eigenvalue weighted by Gasteiger charge is -2.24. The SMILES string of the molecule is Cc1ccc(NC(=O)CC2CCC2)cc1/C=C/C(=O)O. The maximum Gasteiger partial charge on any atom is 0.328 e. The van der Waals surface area contributed by atoms with Crippen molar-refractivity contribution in [2.45, 2.75) is 32.6 Å². The van der Waals surface area contributed by atoms with Crippen molar-refractivity contribution in [3.63, 3.8) is 0 Å². The van der Waals surface area contributed by atoms with Crippen molar-refractivity contribution in [3.05, 3.63) is 35.4 Å². The summed E-state index contributed by atoms with van der Waals surface area (Å²) >= 11 is 0. The van der Waals surface area contributed by atoms with Crippen LogP contribution in [-0.2, 0) is 9.59 Å². The smallest absolute Gasteiger partial charge is 0.328 e. The largest absolute Gasteiger partial charge is 0.478 e. The Morgan fingerprint density at radius 3 is 2.75 bits per heavy atom. The topological polar surface area (TPSA) is 66.4 Å². The molecule has 1 saturated carbocycles. The van der Waals surface area contributed by atoms with Crippen LogP contribution in [0.4, 0.5) is 5.69 Å². The van der Waals surface area contributed by atoms with E-state index in [1.165, 1.54) is 6.42 Å². The molecule has 1 fully saturated rings. The number of amides is 1. The first-order chi connectivity index (χ1) is 9.54. The molecule has 0 bridgehead atoms. The van der Waals surface area contributed by atoms with E-state index in [0.29, 0.717) is 18.0 Å². The molecular formula is C16H19NO3. The minimum Gasteiger partial charge on any atom is -0.478 e. The monoisotopic (exact) mass is 273 g/mol. The van der Waals surface area contributed by atoms with Gasteiger partial charge in [0, 0.05) is 18.2 Å². The molecule has 1 aliphatic rings. The normalized spacial score (nSPS) is 15.1. The van der Waals surface area contributed by atoms with Gasteiger partial charge in [-0.05, 0) is 55.0 Å². The van der Waals surface area contributed by atoms with Gasteiger partial charge >= 0.3 is 5.97 Å². The van der Waals surface area contributed by atoms with E-state index in [-0.39, 0.29) is 5.91 Å². The van der Waals surface area contributed by atoms with Crippen molar-refractivity contribution >= 4 is 23.6 Å². The van der Waals surface area contributed by atoms with Crippen LogP contribution in [0.25, 0.3) is 6.08 Å². The Bertz CT molecular complexity index is 545. The second-order valence-corrected chi connectivity index (χ2v) is 5.29. The molecule has 2 N–H and O–H groups in total. The Kier molecular flexibility index (Phi) is 4.56. The van der Waals surface area contributed by atoms with Crippen molar-refractivity contribution < 1.29 is 14.7 Å². The molecule has 4 heteroatoms. The van der Waals surface area contributed by atoms with Gasteiger partial charge in [0.05, 0.1) is 0 Å². The molecule has 1 amide bonds. The average Bonchev–Trinajstić information content (AvgIpc) is 2.34. The lowest BCUT2D eigenvalue weighted by atomic mass is 9.83. The Labute approximate surface area is 118 Å². The summed E-state index contributed by atoms with van der Waals surface area (Å²) in [5.74, 6) is -0.414. The first-order valence-electron chi connectivity index (χ1n) is 6.86. The summed E-state index contributed by atoms with van der Waals surface area (Å²) in [5.41, 5.74) is 2.48. The maximum absolute atomic E-state index is 11.9. The molecular weight excluding hydrogens is 254 g/mol. The number of nitrogens with one attached hydrogen (secondary N) is 1. The fourth-order valence-corrected chi connectivity index (χ4v) is 2.23. The molecule has 106 valence electrons. The first-order valence-corrected chi connectivity index (χ1v) is 6.86. The number of hydrogen-bond donors (Lipinski definition) is 2. The average molecular weight is 273 g/mol. The molecule has 0 aromatic heterocycles. The van der Waals surface area contributed by atoms with Crippen LogP contribution in [0, 0.1) is 12.8 Å². The Balaban J connectivity index is 2.02. The highest BCUT2D eigenvalue weighted by Crippen LogP contribution is 2.29. The van der Waals surface area contributed by atoms with Crippen LogP contribution in [0.15, 0.2) is 24.3 Å². The zero-order valence-electron chi connectivity index (χ0n) is 11.6. The summed E-state index contributed by atoms with van der Waals surface area (Å²) in [7, 11) is 0. The molecule has 0 unspecified atom stereocenters. The number of aliphatic carboxylic acids is 1. The van der Waals surface area contributed by atoms with Crippen LogP contribution >= 0.6 is 0 Å². The molecule has 0 heterocycles. The van der Waals surface area contributed by atoms with E-state index in [1.807, 2.05) is 19.1 Å². The predicted octanol–water partition coefficient (Wildman–Crippen LogP) is 3.22. The minimum absolute atomic E-state index is 0.0340. The summed E-state index contributed by atoms with van der Waals surface area (Å²) in [6, 6.07) is 5.51. The summed E-state index contributed by atoms with van der Waals surface area (Å²) < 4.78 is 0. The second kappa shape index (κ2) is 6.37. The number of carboxylic acids is 1. The van der Waals surface area contributed by atoms with Crippen molar-refractivity contribution in [3.8, 4) is 0 Å². The van der Waals surface area contributed by atoms with Crippen molar-refractivity contribution in [1.29, 1.82) is 0 Å². The first kappa shape index (κ1) is 14.3. The van der Waals surface area contributed by atoms with E-state index >= 15 is 0 Å². The zero-order valence-corrected chi connectivity index (χ0v) is 11.6. The third-order valence-corrected chi connectivity index (χ3v) is 3.67. The second-order valence-electron chi connectivity index (χ2n) is 5.29. The van der Waals surface area contributed by atoms with E-state index in [1.54, 1.807) is 12.1 Å². The van der Waals surface area contributed by atoms with Crippen molar-refractivity contribution in [2.75, 3.05) is 5.32 Å². The van der Waals surface area contributed by atoms with E-state index in [0.717, 1.165) is 30.0 Å². The fraction of sp³-hybridized carbons (Fsp3) is 0.375. The molecule has 0 saturated heterocycles. The quantitative estimate of drug-likeness (QED) is 0.809. The van der Waals surface area contributed by atoms with Crippen molar-refractivity contribution in [2.24, 2.45) is 5.92 Å². The molecule has 1 aromatic carbocycles. The maximum atomic E-state index is 11.9. The summed E-state index contributed by atoms with van der Waals surface area (Å²) in [4.78, 5) is 22.4. The van der Waals surface area contributed by atoms with Crippen LogP contribution in [0.1, 0.15) is 36.8 Å². The third kappa shape index (κ3) is 3.95. The molecule has 0 aliphatic heterocycles. The van der Waals surface area contributed by atoms with Crippen LogP contribution in [0.5, 0.6) is 0 Å². The highest BCUT2D eigenvalue weighted by Gasteiger charge is 2.20. The Morgan fingerprint density at radius 2 is 2.15 bits per heavy atom. The molecule has 0 atom stereocenters. The molecule has 2 rings (SSSR count). The van der Waals surface area contributed by atoms with Gasteiger partial charge in [-0.2, -0.15) is 0 Å². The lowest BCUT2D eigenvalue weighted by molar-refractivity contribution is -0.131. The van der Waals surface area contributed by atoms with E-state index < -0.39 is 5.97 Å². The van der Waals surface area contributed by atoms with Gasteiger partial charge in [0.15, 0.2) is 0 Å². The summed E-state index contributed by atoms with van der Waals surface area (Å²) in [5, 5.41) is 11.5. The summed E-state index contributed by atoms with van der Waals surface area (Å²) in [6.07, 6.45) is 6.74. The summed E-state index contributed by atoms with van der Waals surface area (Å²) in [6.45, 7) is 1.90. The molecule has 20 heavy (non-hydrogen) atoms. The molecule has 1 aliphatic carbocycles. The number of aryl methyl sites for hydroxylation is 1. The number of carbonyl (C=O) groups is 2. The van der Waals surface area contributed by atoms with Gasteiger partial charge in [0.1, 0.15) is 0 Å². The minimum atomic E-state index is -0.983. The van der Waals surface area contributed by atoms with Crippen LogP contribution in [0.2, 0.25) is 0 Å². The van der Waals surface area contributed by atoms with Gasteiger partial charge in [-0.1, -0.05) is 12.5 Å². The number of rotatable bonds is 5. The Hall–Kier alpha value is -2.10. The number of carboxylic acid groups (broad SMARTS) is 1. The Morgan fingerprint density at radius 1 is 1.40 bits per heavy atom. The third-order valence-electron chi connectivity index (χ3n) is 3.67. The van der Waals surface area contributed by atoms with Gasteiger partial charge in [-0.3, -0.25) is 4.79 Å². The lowest BCUT2D eigenvalue weighted by Crippen LogP contribution is -2.20. The van der Waals surface area contributed by atoms with Gasteiger partial charge in [0.25, 0.3) is 0 Å².